The van der Waals surface area contributed by atoms with E-state index in [4.69, 9.17) is 4.74 Å². The summed E-state index contributed by atoms with van der Waals surface area (Å²) in [6.45, 7) is 4.45. The molecule has 0 radical (unpaired) electrons. The SMILES string of the molecule is CN=C(NCC(c1cccs1)N1CCOCC1)NC1CCc2ccccc2C1. The van der Waals surface area contributed by atoms with Crippen molar-refractivity contribution in [3.05, 3.63) is 57.8 Å². The molecule has 1 saturated heterocycles. The summed E-state index contributed by atoms with van der Waals surface area (Å²) in [5.41, 5.74) is 2.96. The average molecular weight is 399 g/mol. The molecule has 6 heteroatoms. The Balaban J connectivity index is 1.36. The maximum absolute atomic E-state index is 5.55. The highest BCUT2D eigenvalue weighted by molar-refractivity contribution is 7.10. The predicted octanol–water partition coefficient (Wildman–Crippen LogP) is 2.84. The number of hydrogen-bond donors (Lipinski definition) is 2. The van der Waals surface area contributed by atoms with Crippen molar-refractivity contribution < 1.29 is 4.74 Å². The van der Waals surface area contributed by atoms with Gasteiger partial charge >= 0.3 is 0 Å². The van der Waals surface area contributed by atoms with Crippen LogP contribution in [-0.4, -0.2) is 56.8 Å². The number of nitrogens with zero attached hydrogens (tertiary/aromatic N) is 2. The van der Waals surface area contributed by atoms with Crippen LogP contribution in [-0.2, 0) is 17.6 Å². The van der Waals surface area contributed by atoms with Crippen LogP contribution in [0.4, 0.5) is 0 Å². The quantitative estimate of drug-likeness (QED) is 0.601. The van der Waals surface area contributed by atoms with Crippen molar-refractivity contribution in [3.8, 4) is 0 Å². The Bertz CT molecular complexity index is 771. The molecule has 0 bridgehead atoms. The Hall–Kier alpha value is -1.89. The topological polar surface area (TPSA) is 48.9 Å². The summed E-state index contributed by atoms with van der Waals surface area (Å²) >= 11 is 1.83. The molecule has 1 aliphatic carbocycles. The third-order valence-electron chi connectivity index (χ3n) is 5.73. The standard InChI is InChI=1S/C22H30N4OS/c1-23-22(25-19-9-8-17-5-2-3-6-18(17)15-19)24-16-20(21-7-4-14-28-21)26-10-12-27-13-11-26/h2-7,14,19-20H,8-13,15-16H2,1H3,(H2,23,24,25). The van der Waals surface area contributed by atoms with Gasteiger partial charge in [0.25, 0.3) is 0 Å². The number of benzene rings is 1. The molecule has 2 atom stereocenters. The number of hydrogen-bond acceptors (Lipinski definition) is 4. The second-order valence-electron chi connectivity index (χ2n) is 7.49. The van der Waals surface area contributed by atoms with E-state index in [2.05, 4.69) is 62.3 Å². The van der Waals surface area contributed by atoms with Gasteiger partial charge in [0.1, 0.15) is 0 Å². The minimum absolute atomic E-state index is 0.356. The number of rotatable bonds is 5. The molecular formula is C22H30N4OS. The van der Waals surface area contributed by atoms with Gasteiger partial charge in [-0.1, -0.05) is 30.3 Å². The third-order valence-corrected chi connectivity index (χ3v) is 6.71. The summed E-state index contributed by atoms with van der Waals surface area (Å²) in [6, 6.07) is 14.0. The lowest BCUT2D eigenvalue weighted by atomic mass is 9.88. The first-order valence-electron chi connectivity index (χ1n) is 10.2. The van der Waals surface area contributed by atoms with Gasteiger partial charge in [0.2, 0.25) is 0 Å². The highest BCUT2D eigenvalue weighted by atomic mass is 32.1. The molecule has 0 saturated carbocycles. The maximum Gasteiger partial charge on any atom is 0.191 e. The van der Waals surface area contributed by atoms with Gasteiger partial charge in [-0.3, -0.25) is 9.89 Å². The van der Waals surface area contributed by atoms with Gasteiger partial charge in [0.05, 0.1) is 19.3 Å². The normalized spacial score (nSPS) is 21.8. The van der Waals surface area contributed by atoms with Gasteiger partial charge in [-0.05, 0) is 41.8 Å². The lowest BCUT2D eigenvalue weighted by Crippen LogP contribution is -2.49. The van der Waals surface area contributed by atoms with Crippen molar-refractivity contribution in [1.29, 1.82) is 0 Å². The first kappa shape index (κ1) is 19.4. The second-order valence-corrected chi connectivity index (χ2v) is 8.46. The zero-order valence-corrected chi connectivity index (χ0v) is 17.4. The number of fused-ring (bicyclic) bond motifs is 1. The van der Waals surface area contributed by atoms with Gasteiger partial charge in [-0.15, -0.1) is 11.3 Å². The van der Waals surface area contributed by atoms with Crippen LogP contribution in [0.15, 0.2) is 46.8 Å². The molecule has 5 nitrogen and oxygen atoms in total. The Morgan fingerprint density at radius 3 is 2.79 bits per heavy atom. The summed E-state index contributed by atoms with van der Waals surface area (Å²) in [5, 5.41) is 9.40. The molecule has 4 rings (SSSR count). The van der Waals surface area contributed by atoms with Gasteiger partial charge in [0.15, 0.2) is 5.96 Å². The summed E-state index contributed by atoms with van der Waals surface area (Å²) in [5.74, 6) is 0.902. The molecule has 150 valence electrons. The van der Waals surface area contributed by atoms with Crippen molar-refractivity contribution in [2.45, 2.75) is 31.3 Å². The monoisotopic (exact) mass is 398 g/mol. The van der Waals surface area contributed by atoms with E-state index in [-0.39, 0.29) is 0 Å². The smallest absolute Gasteiger partial charge is 0.191 e. The molecule has 2 heterocycles. The predicted molar refractivity (Wildman–Crippen MR) is 116 cm³/mol. The molecule has 1 aromatic heterocycles. The highest BCUT2D eigenvalue weighted by Gasteiger charge is 2.24. The van der Waals surface area contributed by atoms with Crippen LogP contribution < -0.4 is 10.6 Å². The summed E-state index contributed by atoms with van der Waals surface area (Å²) in [7, 11) is 1.86. The minimum atomic E-state index is 0.356. The first-order chi connectivity index (χ1) is 13.8. The van der Waals surface area contributed by atoms with E-state index in [9.17, 15) is 0 Å². The van der Waals surface area contributed by atoms with E-state index < -0.39 is 0 Å². The Morgan fingerprint density at radius 1 is 1.21 bits per heavy atom. The Labute approximate surface area is 171 Å². The Kier molecular flexibility index (Phi) is 6.62. The molecule has 1 aliphatic heterocycles. The summed E-state index contributed by atoms with van der Waals surface area (Å²) < 4.78 is 5.55. The van der Waals surface area contributed by atoms with E-state index in [1.165, 1.54) is 16.0 Å². The molecule has 2 aromatic rings. The van der Waals surface area contributed by atoms with Crippen LogP contribution in [0.5, 0.6) is 0 Å². The second kappa shape index (κ2) is 9.54. The van der Waals surface area contributed by atoms with Crippen molar-refractivity contribution in [1.82, 2.24) is 15.5 Å². The van der Waals surface area contributed by atoms with Crippen LogP contribution in [0, 0.1) is 0 Å². The van der Waals surface area contributed by atoms with Crippen LogP contribution in [0.2, 0.25) is 0 Å². The number of morpholine rings is 1. The van der Waals surface area contributed by atoms with Gasteiger partial charge in [-0.2, -0.15) is 0 Å². The maximum atomic E-state index is 5.55. The van der Waals surface area contributed by atoms with Crippen LogP contribution in [0.3, 0.4) is 0 Å². The lowest BCUT2D eigenvalue weighted by molar-refractivity contribution is 0.0177. The van der Waals surface area contributed by atoms with Crippen molar-refractivity contribution in [3.63, 3.8) is 0 Å². The molecule has 1 fully saturated rings. The zero-order chi connectivity index (χ0) is 19.2. The molecule has 2 N–H and O–H groups in total. The third kappa shape index (κ3) is 4.74. The van der Waals surface area contributed by atoms with Crippen LogP contribution in [0.25, 0.3) is 0 Å². The molecule has 0 amide bonds. The number of aliphatic imine (C=N–C) groups is 1. The Morgan fingerprint density at radius 2 is 2.04 bits per heavy atom. The van der Waals surface area contributed by atoms with Crippen LogP contribution >= 0.6 is 11.3 Å². The molecule has 2 unspecified atom stereocenters. The van der Waals surface area contributed by atoms with Crippen molar-refractivity contribution in [2.24, 2.45) is 4.99 Å². The molecule has 0 spiro atoms. The van der Waals surface area contributed by atoms with Gasteiger partial charge in [-0.25, -0.2) is 0 Å². The van der Waals surface area contributed by atoms with E-state index in [0.717, 1.165) is 58.1 Å². The van der Waals surface area contributed by atoms with Gasteiger partial charge in [0, 0.05) is 37.6 Å². The van der Waals surface area contributed by atoms with E-state index in [1.807, 2.05) is 18.4 Å². The number of ether oxygens (including phenoxy) is 1. The number of nitrogens with one attached hydrogen (secondary N) is 2. The fourth-order valence-electron chi connectivity index (χ4n) is 4.18. The lowest BCUT2D eigenvalue weighted by Gasteiger charge is -2.34. The fourth-order valence-corrected chi connectivity index (χ4v) is 5.04. The summed E-state index contributed by atoms with van der Waals surface area (Å²) in [6.07, 6.45) is 3.35. The largest absolute Gasteiger partial charge is 0.379 e. The van der Waals surface area contributed by atoms with E-state index >= 15 is 0 Å². The molecule has 2 aliphatic rings. The molecule has 28 heavy (non-hydrogen) atoms. The average Bonchev–Trinajstić information content (AvgIpc) is 3.28. The number of thiophene rings is 1. The minimum Gasteiger partial charge on any atom is -0.379 e. The number of guanidine groups is 1. The molecular weight excluding hydrogens is 368 g/mol. The number of aryl methyl sites for hydroxylation is 1. The highest BCUT2D eigenvalue weighted by Crippen LogP contribution is 2.25. The van der Waals surface area contributed by atoms with Crippen molar-refractivity contribution >= 4 is 17.3 Å². The van der Waals surface area contributed by atoms with E-state index in [1.54, 1.807) is 0 Å². The van der Waals surface area contributed by atoms with Gasteiger partial charge < -0.3 is 15.4 Å². The van der Waals surface area contributed by atoms with E-state index in [0.29, 0.717) is 12.1 Å². The van der Waals surface area contributed by atoms with Crippen molar-refractivity contribution in [2.75, 3.05) is 39.9 Å². The summed E-state index contributed by atoms with van der Waals surface area (Å²) in [4.78, 5) is 8.41. The zero-order valence-electron chi connectivity index (χ0n) is 16.6. The first-order valence-corrected chi connectivity index (χ1v) is 11.1. The fraction of sp³-hybridized carbons (Fsp3) is 0.500. The molecule has 1 aromatic carbocycles. The van der Waals surface area contributed by atoms with Crippen LogP contribution in [0.1, 0.15) is 28.5 Å².